The zero-order chi connectivity index (χ0) is 15.4. The minimum absolute atomic E-state index is 0.433. The van der Waals surface area contributed by atoms with Crippen LogP contribution in [0.4, 0.5) is 23.1 Å². The van der Waals surface area contributed by atoms with Crippen molar-refractivity contribution in [1.82, 2.24) is 15.2 Å². The van der Waals surface area contributed by atoms with E-state index in [4.69, 9.17) is 11.6 Å². The molecule has 0 aliphatic rings. The van der Waals surface area contributed by atoms with Gasteiger partial charge >= 0.3 is 0 Å². The number of hydrogen-bond acceptors (Lipinski definition) is 5. The van der Waals surface area contributed by atoms with Crippen LogP contribution in [0.15, 0.2) is 54.7 Å². The average molecular weight is 312 g/mol. The highest BCUT2D eigenvalue weighted by Gasteiger charge is 2.02. The summed E-state index contributed by atoms with van der Waals surface area (Å²) in [5.74, 6) is 1.04. The summed E-state index contributed by atoms with van der Waals surface area (Å²) in [6, 6.07) is 15.3. The summed E-state index contributed by atoms with van der Waals surface area (Å²) in [7, 11) is 0. The molecule has 0 saturated carbocycles. The van der Waals surface area contributed by atoms with Crippen LogP contribution in [-0.4, -0.2) is 15.2 Å². The molecule has 0 radical (unpaired) electrons. The van der Waals surface area contributed by atoms with Crippen molar-refractivity contribution >= 4 is 34.7 Å². The van der Waals surface area contributed by atoms with Crippen LogP contribution in [0.25, 0.3) is 0 Å². The Morgan fingerprint density at radius 3 is 2.23 bits per heavy atom. The van der Waals surface area contributed by atoms with Crippen LogP contribution in [0.3, 0.4) is 0 Å². The Morgan fingerprint density at radius 2 is 1.50 bits per heavy atom. The Kier molecular flexibility index (Phi) is 4.16. The van der Waals surface area contributed by atoms with Crippen LogP contribution >= 0.6 is 11.6 Å². The van der Waals surface area contributed by atoms with Crippen molar-refractivity contribution in [2.75, 3.05) is 10.6 Å². The van der Waals surface area contributed by atoms with Gasteiger partial charge in [-0.1, -0.05) is 29.3 Å². The first kappa shape index (κ1) is 14.3. The highest BCUT2D eigenvalue weighted by atomic mass is 35.5. The molecule has 0 bridgehead atoms. The first-order chi connectivity index (χ1) is 10.7. The normalized spacial score (nSPS) is 10.3. The molecule has 0 unspecified atom stereocenters. The summed E-state index contributed by atoms with van der Waals surface area (Å²) in [5.41, 5.74) is 2.99. The van der Waals surface area contributed by atoms with Gasteiger partial charge in [-0.2, -0.15) is 10.1 Å². The number of benzene rings is 2. The molecular formula is C16H14ClN5. The quantitative estimate of drug-likeness (QED) is 0.751. The number of nitrogens with zero attached hydrogens (tertiary/aromatic N) is 3. The number of aryl methyl sites for hydroxylation is 1. The molecule has 110 valence electrons. The molecule has 0 aliphatic carbocycles. The van der Waals surface area contributed by atoms with Gasteiger partial charge in [-0.05, 0) is 43.3 Å². The van der Waals surface area contributed by atoms with Gasteiger partial charge in [-0.15, -0.1) is 5.10 Å². The molecule has 6 heteroatoms. The Hall–Kier alpha value is -2.66. The van der Waals surface area contributed by atoms with E-state index in [0.717, 1.165) is 11.4 Å². The van der Waals surface area contributed by atoms with Crippen molar-refractivity contribution in [3.63, 3.8) is 0 Å². The number of nitrogens with one attached hydrogen (secondary N) is 2. The fourth-order valence-corrected chi connectivity index (χ4v) is 1.99. The largest absolute Gasteiger partial charge is 0.339 e. The van der Waals surface area contributed by atoms with Gasteiger partial charge in [-0.25, -0.2) is 0 Å². The van der Waals surface area contributed by atoms with Crippen LogP contribution in [0.5, 0.6) is 0 Å². The van der Waals surface area contributed by atoms with E-state index in [1.165, 1.54) is 5.56 Å². The molecule has 2 aromatic carbocycles. The first-order valence-electron chi connectivity index (χ1n) is 6.75. The molecule has 3 aromatic rings. The topological polar surface area (TPSA) is 62.7 Å². The zero-order valence-electron chi connectivity index (χ0n) is 11.9. The fourth-order valence-electron chi connectivity index (χ4n) is 1.86. The molecule has 1 heterocycles. The molecule has 2 N–H and O–H groups in total. The Balaban J connectivity index is 1.74. The van der Waals surface area contributed by atoms with Crippen LogP contribution in [0.1, 0.15) is 5.56 Å². The van der Waals surface area contributed by atoms with E-state index in [1.54, 1.807) is 6.20 Å². The predicted molar refractivity (Wildman–Crippen MR) is 89.0 cm³/mol. The lowest BCUT2D eigenvalue weighted by molar-refractivity contribution is 0.982. The molecule has 3 rings (SSSR count). The summed E-state index contributed by atoms with van der Waals surface area (Å²) in [4.78, 5) is 4.38. The van der Waals surface area contributed by atoms with E-state index in [9.17, 15) is 0 Å². The Morgan fingerprint density at radius 1 is 0.864 bits per heavy atom. The minimum atomic E-state index is 0.433. The Bertz CT molecular complexity index is 693. The van der Waals surface area contributed by atoms with Crippen molar-refractivity contribution in [3.8, 4) is 0 Å². The number of hydrogen-bond donors (Lipinski definition) is 2. The van der Waals surface area contributed by atoms with Crippen molar-refractivity contribution in [2.24, 2.45) is 0 Å². The second-order valence-corrected chi connectivity index (χ2v) is 5.22. The molecule has 0 aliphatic heterocycles. The smallest absolute Gasteiger partial charge is 0.249 e. The third-order valence-electron chi connectivity index (χ3n) is 2.98. The van der Waals surface area contributed by atoms with E-state index in [1.807, 2.05) is 55.5 Å². The average Bonchev–Trinajstić information content (AvgIpc) is 2.52. The van der Waals surface area contributed by atoms with Gasteiger partial charge in [0.15, 0.2) is 5.82 Å². The van der Waals surface area contributed by atoms with E-state index in [-0.39, 0.29) is 0 Å². The van der Waals surface area contributed by atoms with Crippen molar-refractivity contribution in [2.45, 2.75) is 6.92 Å². The SMILES string of the molecule is Cc1ccc(Nc2nncc(Nc3ccc(Cl)cc3)n2)cc1. The zero-order valence-corrected chi connectivity index (χ0v) is 12.7. The van der Waals surface area contributed by atoms with Gasteiger partial charge in [-0.3, -0.25) is 0 Å². The number of aromatic nitrogens is 3. The van der Waals surface area contributed by atoms with Gasteiger partial charge < -0.3 is 10.6 Å². The van der Waals surface area contributed by atoms with E-state index < -0.39 is 0 Å². The summed E-state index contributed by atoms with van der Waals surface area (Å²) in [5, 5.41) is 14.9. The summed E-state index contributed by atoms with van der Waals surface area (Å²) >= 11 is 5.87. The minimum Gasteiger partial charge on any atom is -0.339 e. The number of anilines is 4. The third-order valence-corrected chi connectivity index (χ3v) is 3.24. The van der Waals surface area contributed by atoms with Gasteiger partial charge in [0.1, 0.15) is 0 Å². The maximum absolute atomic E-state index is 5.87. The van der Waals surface area contributed by atoms with Crippen LogP contribution < -0.4 is 10.6 Å². The van der Waals surface area contributed by atoms with Gasteiger partial charge in [0.05, 0.1) is 6.20 Å². The standard InChI is InChI=1S/C16H14ClN5/c1-11-2-6-14(7-3-11)20-16-21-15(10-18-22-16)19-13-8-4-12(17)5-9-13/h2-10H,1H3,(H2,19,20,21,22). The molecule has 1 aromatic heterocycles. The first-order valence-corrected chi connectivity index (χ1v) is 7.13. The lowest BCUT2D eigenvalue weighted by Gasteiger charge is -2.08. The lowest BCUT2D eigenvalue weighted by atomic mass is 10.2. The molecule has 0 fully saturated rings. The van der Waals surface area contributed by atoms with E-state index in [0.29, 0.717) is 16.8 Å². The van der Waals surface area contributed by atoms with Crippen LogP contribution in [0.2, 0.25) is 5.02 Å². The summed E-state index contributed by atoms with van der Waals surface area (Å²) < 4.78 is 0. The summed E-state index contributed by atoms with van der Waals surface area (Å²) in [6.07, 6.45) is 1.56. The van der Waals surface area contributed by atoms with Crippen LogP contribution in [-0.2, 0) is 0 Å². The maximum atomic E-state index is 5.87. The molecule has 5 nitrogen and oxygen atoms in total. The lowest BCUT2D eigenvalue weighted by Crippen LogP contribution is -2.02. The van der Waals surface area contributed by atoms with Crippen molar-refractivity contribution in [3.05, 3.63) is 65.3 Å². The second kappa shape index (κ2) is 6.41. The van der Waals surface area contributed by atoms with Crippen LogP contribution in [0, 0.1) is 6.92 Å². The predicted octanol–water partition coefficient (Wildman–Crippen LogP) is 4.32. The van der Waals surface area contributed by atoms with E-state index >= 15 is 0 Å². The molecule has 0 amide bonds. The molecule has 0 spiro atoms. The molecule has 0 atom stereocenters. The highest BCUT2D eigenvalue weighted by Crippen LogP contribution is 2.18. The Labute approximate surface area is 133 Å². The fraction of sp³-hybridized carbons (Fsp3) is 0.0625. The third kappa shape index (κ3) is 3.71. The maximum Gasteiger partial charge on any atom is 0.249 e. The molecular weight excluding hydrogens is 298 g/mol. The highest BCUT2D eigenvalue weighted by molar-refractivity contribution is 6.30. The van der Waals surface area contributed by atoms with Gasteiger partial charge in [0, 0.05) is 16.4 Å². The summed E-state index contributed by atoms with van der Waals surface area (Å²) in [6.45, 7) is 2.04. The molecule has 22 heavy (non-hydrogen) atoms. The van der Waals surface area contributed by atoms with Gasteiger partial charge in [0.25, 0.3) is 0 Å². The van der Waals surface area contributed by atoms with Crippen molar-refractivity contribution in [1.29, 1.82) is 0 Å². The molecule has 0 saturated heterocycles. The monoisotopic (exact) mass is 311 g/mol. The number of rotatable bonds is 4. The van der Waals surface area contributed by atoms with E-state index in [2.05, 4.69) is 25.8 Å². The van der Waals surface area contributed by atoms with Crippen molar-refractivity contribution < 1.29 is 0 Å². The second-order valence-electron chi connectivity index (χ2n) is 4.79. The number of halogens is 1. The van der Waals surface area contributed by atoms with Gasteiger partial charge in [0.2, 0.25) is 5.95 Å².